The number of allylic oxidation sites excluding steroid dienone is 4. The minimum atomic E-state index is 0. The van der Waals surface area contributed by atoms with Crippen LogP contribution in [0.5, 0.6) is 0 Å². The van der Waals surface area contributed by atoms with E-state index in [0.717, 1.165) is 32.1 Å². The van der Waals surface area contributed by atoms with Gasteiger partial charge in [0.15, 0.2) is 0 Å². The van der Waals surface area contributed by atoms with Gasteiger partial charge in [-0.05, 0) is 5.41 Å². The zero-order chi connectivity index (χ0) is 17.9. The summed E-state index contributed by atoms with van der Waals surface area (Å²) in [7, 11) is 0. The van der Waals surface area contributed by atoms with Crippen LogP contribution in [0, 0.1) is 11.5 Å². The van der Waals surface area contributed by atoms with Crippen LogP contribution in [0.1, 0.15) is 73.6 Å². The molecule has 0 aromatic carbocycles. The van der Waals surface area contributed by atoms with Crippen LogP contribution in [-0.2, 0) is 21.7 Å². The number of nitrogens with one attached hydrogen (secondary N) is 3. The Morgan fingerprint density at radius 1 is 0.913 bits per heavy atom. The van der Waals surface area contributed by atoms with Gasteiger partial charge in [0.25, 0.3) is 0 Å². The maximum atomic E-state index is 6.45. The predicted molar refractivity (Wildman–Crippen MR) is 103 cm³/mol. The van der Waals surface area contributed by atoms with E-state index in [1.165, 1.54) is 5.57 Å². The molecule has 134 valence electrons. The third kappa shape index (κ3) is 39.1. The monoisotopic (exact) mass is 357 g/mol. The molecule has 0 atom stereocenters. The summed E-state index contributed by atoms with van der Waals surface area (Å²) in [6, 6.07) is 0. The molecule has 4 heteroatoms. The molecule has 0 heterocycles. The molecule has 3 nitrogen and oxygen atoms in total. The first-order valence-electron chi connectivity index (χ1n) is 8.52. The molecule has 3 N–H and O–H groups in total. The summed E-state index contributed by atoms with van der Waals surface area (Å²) in [5, 5.41) is 0. The first-order chi connectivity index (χ1) is 10.3. The van der Waals surface area contributed by atoms with Gasteiger partial charge >= 0.3 is 21.7 Å². The molecule has 0 unspecified atom stereocenters. The Labute approximate surface area is 161 Å². The van der Waals surface area contributed by atoms with Crippen molar-refractivity contribution in [1.29, 1.82) is 0 Å². The number of rotatable bonds is 4. The third-order valence-electron chi connectivity index (χ3n) is 2.24. The minimum Gasteiger partial charge on any atom is -0.677 e. The van der Waals surface area contributed by atoms with Crippen molar-refractivity contribution in [1.82, 2.24) is 0 Å². The Balaban J connectivity index is -0.000000118. The van der Waals surface area contributed by atoms with Crippen LogP contribution in [0.2, 0.25) is 0 Å². The maximum absolute atomic E-state index is 6.45. The van der Waals surface area contributed by atoms with Crippen molar-refractivity contribution in [3.05, 3.63) is 41.0 Å². The van der Waals surface area contributed by atoms with Gasteiger partial charge in [-0.1, -0.05) is 67.2 Å². The van der Waals surface area contributed by atoms with Crippen LogP contribution in [0.4, 0.5) is 0 Å². The normalized spacial score (nSPS) is 11.6. The number of hydrogen-bond acceptors (Lipinski definition) is 0. The molecule has 0 radical (unpaired) electrons. The Morgan fingerprint density at radius 2 is 1.26 bits per heavy atom. The van der Waals surface area contributed by atoms with Crippen molar-refractivity contribution >= 4 is 0 Å². The van der Waals surface area contributed by atoms with Crippen molar-refractivity contribution in [2.75, 3.05) is 19.6 Å². The molecule has 23 heavy (non-hydrogen) atoms. The van der Waals surface area contributed by atoms with Gasteiger partial charge in [-0.25, -0.2) is 11.6 Å². The quantitative estimate of drug-likeness (QED) is 0.370. The van der Waals surface area contributed by atoms with Crippen molar-refractivity contribution < 1.29 is 21.7 Å². The van der Waals surface area contributed by atoms with Gasteiger partial charge < -0.3 is 17.2 Å². The molecule has 1 aliphatic carbocycles. The fourth-order valence-electron chi connectivity index (χ4n) is 1.14. The summed E-state index contributed by atoms with van der Waals surface area (Å²) in [5.41, 5.74) is 21.1. The van der Waals surface area contributed by atoms with E-state index >= 15 is 0 Å². The van der Waals surface area contributed by atoms with Crippen molar-refractivity contribution in [3.63, 3.8) is 0 Å². The van der Waals surface area contributed by atoms with Gasteiger partial charge in [-0.2, -0.15) is 25.7 Å². The molecular weight excluding hydrogens is 318 g/mol. The zero-order valence-electron chi connectivity index (χ0n) is 16.3. The van der Waals surface area contributed by atoms with Crippen molar-refractivity contribution in [2.45, 2.75) is 73.6 Å². The molecule has 0 spiro atoms. The summed E-state index contributed by atoms with van der Waals surface area (Å²) in [6.07, 6.45) is 12.8. The van der Waals surface area contributed by atoms with E-state index in [-0.39, 0.29) is 21.7 Å². The van der Waals surface area contributed by atoms with Crippen molar-refractivity contribution in [3.8, 4) is 0 Å². The molecule has 0 amide bonds. The van der Waals surface area contributed by atoms with E-state index in [9.17, 15) is 0 Å². The van der Waals surface area contributed by atoms with E-state index in [4.69, 9.17) is 17.2 Å². The van der Waals surface area contributed by atoms with Gasteiger partial charge in [0.2, 0.25) is 0 Å². The molecule has 0 aromatic rings. The number of hydrogen-bond donors (Lipinski definition) is 0. The van der Waals surface area contributed by atoms with Crippen LogP contribution >= 0.6 is 0 Å². The van der Waals surface area contributed by atoms with Gasteiger partial charge in [0, 0.05) is 0 Å². The third-order valence-corrected chi connectivity index (χ3v) is 2.24. The van der Waals surface area contributed by atoms with E-state index in [0.29, 0.717) is 25.0 Å². The van der Waals surface area contributed by atoms with Crippen LogP contribution in [0.3, 0.4) is 0 Å². The van der Waals surface area contributed by atoms with Crippen molar-refractivity contribution in [2.24, 2.45) is 5.41 Å². The molecule has 0 fully saturated rings. The van der Waals surface area contributed by atoms with E-state index in [1.807, 2.05) is 20.8 Å². The van der Waals surface area contributed by atoms with Gasteiger partial charge in [0.1, 0.15) is 0 Å². The molecule has 1 aliphatic rings. The van der Waals surface area contributed by atoms with Gasteiger partial charge in [-0.3, -0.25) is 6.08 Å². The first kappa shape index (κ1) is 30.9. The summed E-state index contributed by atoms with van der Waals surface area (Å²) in [4.78, 5) is 0. The van der Waals surface area contributed by atoms with E-state index in [1.54, 1.807) is 0 Å². The maximum Gasteiger partial charge on any atom is 4.00 e. The molecule has 1 rings (SSSR count). The molecule has 0 bridgehead atoms. The fourth-order valence-corrected chi connectivity index (χ4v) is 1.14. The van der Waals surface area contributed by atoms with Gasteiger partial charge in [-0.15, -0.1) is 6.42 Å². The molecule has 0 aromatic heterocycles. The average molecular weight is 357 g/mol. The summed E-state index contributed by atoms with van der Waals surface area (Å²) in [5.74, 6) is 0. The molecule has 0 saturated carbocycles. The van der Waals surface area contributed by atoms with Crippen LogP contribution < -0.4 is 0 Å². The summed E-state index contributed by atoms with van der Waals surface area (Å²) >= 11 is 0. The summed E-state index contributed by atoms with van der Waals surface area (Å²) < 4.78 is 0. The smallest absolute Gasteiger partial charge is 0.677 e. The van der Waals surface area contributed by atoms with Crippen LogP contribution in [0.25, 0.3) is 17.2 Å². The fraction of sp³-hybridized carbons (Fsp3) is 0.789. The van der Waals surface area contributed by atoms with Crippen LogP contribution in [0.15, 0.2) is 17.7 Å². The van der Waals surface area contributed by atoms with E-state index < -0.39 is 0 Å². The second-order valence-electron chi connectivity index (χ2n) is 6.30. The SMILES string of the molecule is CC(C)(C)CC1=[C-]CC=C1.CCC[NH-].CCC[NH-].CCC[NH-].[Ti+4]. The molecule has 0 aliphatic heterocycles. The second-order valence-corrected chi connectivity index (χ2v) is 6.30. The standard InChI is InChI=1S/C10H15.3C3H8N.Ti/c1-10(2,3)8-9-6-4-5-7-9;3*1-2-3-4;/h4,6H,5,8H2,1-3H3;3*4H,2-3H2,1H3;/q4*-1;+4. The van der Waals surface area contributed by atoms with Crippen LogP contribution in [-0.4, -0.2) is 19.6 Å². The topological polar surface area (TPSA) is 71.4 Å². The molecule has 0 saturated heterocycles. The second kappa shape index (κ2) is 24.3. The first-order valence-corrected chi connectivity index (χ1v) is 8.52. The Bertz CT molecular complexity index is 240. The average Bonchev–Trinajstić information content (AvgIpc) is 2.98. The van der Waals surface area contributed by atoms with E-state index in [2.05, 4.69) is 39.0 Å². The summed E-state index contributed by atoms with van der Waals surface area (Å²) in [6.45, 7) is 14.5. The Kier molecular flexibility index (Phi) is 32.7. The van der Waals surface area contributed by atoms with Gasteiger partial charge in [0.05, 0.1) is 0 Å². The molecular formula is C19H39N3Ti. The predicted octanol–water partition coefficient (Wildman–Crippen LogP) is 7.46. The Morgan fingerprint density at radius 3 is 1.43 bits per heavy atom. The zero-order valence-corrected chi connectivity index (χ0v) is 17.9. The Hall–Kier alpha value is 0.0743. The minimum absolute atomic E-state index is 0. The largest absolute Gasteiger partial charge is 4.00 e.